The third-order valence-electron chi connectivity index (χ3n) is 4.81. The number of nitrogens with zero attached hydrogens (tertiary/aromatic N) is 1. The molecule has 1 aliphatic rings. The maximum Gasteiger partial charge on any atom is 0.150 e. The fourth-order valence-corrected chi connectivity index (χ4v) is 3.30. The van der Waals surface area contributed by atoms with Crippen molar-refractivity contribution in [2.24, 2.45) is 0 Å². The number of hydrogen-bond acceptors (Lipinski definition) is 4. The topological polar surface area (TPSA) is 41.6 Å². The Morgan fingerprint density at radius 1 is 1.04 bits per heavy atom. The summed E-state index contributed by atoms with van der Waals surface area (Å²) >= 11 is 0. The summed E-state index contributed by atoms with van der Waals surface area (Å²) in [5.41, 5.74) is 3.84. The van der Waals surface area contributed by atoms with Gasteiger partial charge in [0.15, 0.2) is 5.76 Å². The molecule has 1 atom stereocenters. The number of benzene rings is 2. The number of nitrogens with one attached hydrogen (secondary N) is 1. The van der Waals surface area contributed by atoms with E-state index in [2.05, 4.69) is 24.1 Å². The van der Waals surface area contributed by atoms with Crippen molar-refractivity contribution in [1.29, 1.82) is 0 Å². The van der Waals surface area contributed by atoms with Gasteiger partial charge in [0.1, 0.15) is 18.9 Å². The molecule has 0 aliphatic carbocycles. The Morgan fingerprint density at radius 2 is 1.73 bits per heavy atom. The highest BCUT2D eigenvalue weighted by molar-refractivity contribution is 5.92. The van der Waals surface area contributed by atoms with E-state index in [-0.39, 0.29) is 6.04 Å². The van der Waals surface area contributed by atoms with Gasteiger partial charge in [0.05, 0.1) is 5.70 Å². The molecule has 0 saturated heterocycles. The summed E-state index contributed by atoms with van der Waals surface area (Å²) in [6, 6.07) is 17.6. The molecule has 26 heavy (non-hydrogen) atoms. The molecule has 0 fully saturated rings. The molecule has 1 N–H and O–H groups in total. The highest BCUT2D eigenvalue weighted by atomic mass is 16.5. The van der Waals surface area contributed by atoms with Crippen LogP contribution in [-0.4, -0.2) is 37.4 Å². The summed E-state index contributed by atoms with van der Waals surface area (Å²) in [7, 11) is 0. The number of aldehydes is 1. The molecule has 0 bridgehead atoms. The van der Waals surface area contributed by atoms with Crippen LogP contribution in [0.15, 0.2) is 54.6 Å². The van der Waals surface area contributed by atoms with Gasteiger partial charge in [-0.3, -0.25) is 0 Å². The lowest BCUT2D eigenvalue weighted by atomic mass is 9.93. The minimum Gasteiger partial charge on any atom is -0.489 e. The first-order valence-electron chi connectivity index (χ1n) is 9.24. The van der Waals surface area contributed by atoms with E-state index in [0.717, 1.165) is 54.1 Å². The highest BCUT2D eigenvalue weighted by Gasteiger charge is 2.27. The van der Waals surface area contributed by atoms with E-state index in [0.29, 0.717) is 6.61 Å². The Kier molecular flexibility index (Phi) is 6.08. The van der Waals surface area contributed by atoms with Crippen LogP contribution in [0.25, 0.3) is 11.5 Å². The van der Waals surface area contributed by atoms with E-state index in [4.69, 9.17) is 4.74 Å². The molecule has 0 amide bonds. The maximum atomic E-state index is 11.7. The third-order valence-corrected chi connectivity index (χ3v) is 4.81. The molecule has 1 heterocycles. The molecule has 0 aromatic heterocycles. The number of fused-ring (bicyclic) bond motifs is 1. The quantitative estimate of drug-likeness (QED) is 0.737. The van der Waals surface area contributed by atoms with Crippen LogP contribution in [0.3, 0.4) is 0 Å². The minimum atomic E-state index is -0.364. The average molecular weight is 350 g/mol. The highest BCUT2D eigenvalue weighted by Crippen LogP contribution is 2.36. The van der Waals surface area contributed by atoms with Gasteiger partial charge in [-0.1, -0.05) is 68.4 Å². The first kappa shape index (κ1) is 18.2. The molecule has 4 heteroatoms. The van der Waals surface area contributed by atoms with Gasteiger partial charge in [-0.05, 0) is 18.7 Å². The van der Waals surface area contributed by atoms with Crippen molar-refractivity contribution in [1.82, 2.24) is 10.2 Å². The van der Waals surface area contributed by atoms with Gasteiger partial charge in [-0.2, -0.15) is 0 Å². The van der Waals surface area contributed by atoms with Gasteiger partial charge in [0, 0.05) is 17.7 Å². The zero-order chi connectivity index (χ0) is 18.4. The predicted molar refractivity (Wildman–Crippen MR) is 105 cm³/mol. The molecule has 0 radical (unpaired) electrons. The first-order valence-corrected chi connectivity index (χ1v) is 9.24. The Bertz CT molecular complexity index is 767. The molecular weight excluding hydrogens is 324 g/mol. The van der Waals surface area contributed by atoms with Crippen LogP contribution in [0.5, 0.6) is 0 Å². The molecule has 4 nitrogen and oxygen atoms in total. The van der Waals surface area contributed by atoms with Gasteiger partial charge in [0.25, 0.3) is 0 Å². The number of rotatable bonds is 8. The maximum absolute atomic E-state index is 11.7. The monoisotopic (exact) mass is 350 g/mol. The van der Waals surface area contributed by atoms with E-state index < -0.39 is 0 Å². The fourth-order valence-electron chi connectivity index (χ4n) is 3.30. The number of carbonyl (C=O) groups is 1. The van der Waals surface area contributed by atoms with Crippen LogP contribution in [0, 0.1) is 0 Å². The molecule has 2 aromatic carbocycles. The lowest BCUT2D eigenvalue weighted by Gasteiger charge is -2.29. The predicted octanol–water partition coefficient (Wildman–Crippen LogP) is 3.71. The molecule has 3 rings (SSSR count). The standard InChI is InChI=1S/C22H26N2O2/c1-3-24(4-2)14-15-26-22-19-13-9-8-12-18(19)20(16-25)23-21(22)17-10-6-5-7-11-17/h5-13,16,20,23H,3-4,14-15H2,1-2H3. The Hall–Kier alpha value is -2.59. The van der Waals surface area contributed by atoms with E-state index in [1.165, 1.54) is 0 Å². The van der Waals surface area contributed by atoms with Crippen LogP contribution in [-0.2, 0) is 9.53 Å². The Morgan fingerprint density at radius 3 is 2.42 bits per heavy atom. The largest absolute Gasteiger partial charge is 0.489 e. The lowest BCUT2D eigenvalue weighted by Crippen LogP contribution is -2.30. The molecule has 1 aliphatic heterocycles. The van der Waals surface area contributed by atoms with Gasteiger partial charge >= 0.3 is 0 Å². The van der Waals surface area contributed by atoms with Crippen molar-refractivity contribution in [2.45, 2.75) is 19.9 Å². The molecule has 1 unspecified atom stereocenters. The second kappa shape index (κ2) is 8.68. The average Bonchev–Trinajstić information content (AvgIpc) is 2.71. The number of carbonyl (C=O) groups excluding carboxylic acids is 1. The van der Waals surface area contributed by atoms with E-state index >= 15 is 0 Å². The Labute approximate surface area is 155 Å². The first-order chi connectivity index (χ1) is 12.8. The Balaban J connectivity index is 1.98. The number of hydrogen-bond donors (Lipinski definition) is 1. The molecule has 0 spiro atoms. The second-order valence-electron chi connectivity index (χ2n) is 6.29. The van der Waals surface area contributed by atoms with Crippen molar-refractivity contribution >= 4 is 17.7 Å². The molecule has 2 aromatic rings. The summed E-state index contributed by atoms with van der Waals surface area (Å²) in [5, 5.41) is 3.36. The smallest absolute Gasteiger partial charge is 0.150 e. The van der Waals surface area contributed by atoms with E-state index in [9.17, 15) is 4.79 Å². The zero-order valence-electron chi connectivity index (χ0n) is 15.4. The van der Waals surface area contributed by atoms with Crippen LogP contribution in [0.4, 0.5) is 0 Å². The van der Waals surface area contributed by atoms with Gasteiger partial charge in [-0.15, -0.1) is 0 Å². The fraction of sp³-hybridized carbons (Fsp3) is 0.318. The lowest BCUT2D eigenvalue weighted by molar-refractivity contribution is -0.109. The zero-order valence-corrected chi connectivity index (χ0v) is 15.4. The number of ether oxygens (including phenoxy) is 1. The summed E-state index contributed by atoms with van der Waals surface area (Å²) in [6.45, 7) is 7.81. The van der Waals surface area contributed by atoms with Gasteiger partial charge in [0.2, 0.25) is 0 Å². The van der Waals surface area contributed by atoms with Crippen molar-refractivity contribution < 1.29 is 9.53 Å². The van der Waals surface area contributed by atoms with Crippen LogP contribution >= 0.6 is 0 Å². The molecule has 0 saturated carbocycles. The van der Waals surface area contributed by atoms with Crippen LogP contribution < -0.4 is 5.32 Å². The van der Waals surface area contributed by atoms with Crippen molar-refractivity contribution in [3.63, 3.8) is 0 Å². The van der Waals surface area contributed by atoms with Gasteiger partial charge in [-0.25, -0.2) is 0 Å². The normalized spacial score (nSPS) is 16.2. The molecular formula is C22H26N2O2. The SMILES string of the molecule is CCN(CC)CCOC1=C(c2ccccc2)NC(C=O)c2ccccc21. The summed E-state index contributed by atoms with van der Waals surface area (Å²) < 4.78 is 6.26. The minimum absolute atomic E-state index is 0.364. The second-order valence-corrected chi connectivity index (χ2v) is 6.29. The summed E-state index contributed by atoms with van der Waals surface area (Å²) in [4.78, 5) is 14.0. The summed E-state index contributed by atoms with van der Waals surface area (Å²) in [6.07, 6.45) is 0.953. The van der Waals surface area contributed by atoms with Gasteiger partial charge < -0.3 is 19.7 Å². The number of likely N-dealkylation sites (N-methyl/N-ethyl adjacent to an activating group) is 1. The van der Waals surface area contributed by atoms with Crippen molar-refractivity contribution in [3.05, 3.63) is 71.3 Å². The van der Waals surface area contributed by atoms with Crippen molar-refractivity contribution in [2.75, 3.05) is 26.2 Å². The van der Waals surface area contributed by atoms with E-state index in [1.807, 2.05) is 54.6 Å². The van der Waals surface area contributed by atoms with Crippen LogP contribution in [0.1, 0.15) is 36.6 Å². The third kappa shape index (κ3) is 3.81. The van der Waals surface area contributed by atoms with Crippen LogP contribution in [0.2, 0.25) is 0 Å². The van der Waals surface area contributed by atoms with E-state index in [1.54, 1.807) is 0 Å². The van der Waals surface area contributed by atoms with Crippen molar-refractivity contribution in [3.8, 4) is 0 Å². The molecule has 136 valence electrons. The summed E-state index contributed by atoms with van der Waals surface area (Å²) in [5.74, 6) is 0.817.